The van der Waals surface area contributed by atoms with Gasteiger partial charge >= 0.3 is 6.36 Å². The molecule has 4 rings (SSSR count). The van der Waals surface area contributed by atoms with Gasteiger partial charge in [0.1, 0.15) is 11.4 Å². The number of carbonyl (C=O) groups excluding carboxylic acids is 1. The molecular weight excluding hydrogens is 361 g/mol. The summed E-state index contributed by atoms with van der Waals surface area (Å²) in [7, 11) is 0. The molecule has 3 aliphatic rings. The average molecular weight is 384 g/mol. The molecule has 1 aromatic rings. The molecule has 0 aromatic heterocycles. The summed E-state index contributed by atoms with van der Waals surface area (Å²) in [5.41, 5.74) is 0.0989. The number of ether oxygens (including phenoxy) is 2. The molecule has 27 heavy (non-hydrogen) atoms. The molecule has 1 spiro atoms. The van der Waals surface area contributed by atoms with Gasteiger partial charge in [-0.2, -0.15) is 0 Å². The fourth-order valence-corrected chi connectivity index (χ4v) is 4.33. The third-order valence-electron chi connectivity index (χ3n) is 5.68. The summed E-state index contributed by atoms with van der Waals surface area (Å²) in [5, 5.41) is 0. The topological polar surface area (TPSA) is 42.0 Å². The highest BCUT2D eigenvalue weighted by molar-refractivity contribution is 5.95. The van der Waals surface area contributed by atoms with Crippen LogP contribution >= 0.6 is 0 Å². The minimum absolute atomic E-state index is 0.191. The molecule has 0 N–H and O–H groups in total. The van der Waals surface area contributed by atoms with Crippen molar-refractivity contribution in [3.8, 4) is 5.75 Å². The summed E-state index contributed by atoms with van der Waals surface area (Å²) < 4.78 is 46.5. The maximum atomic E-state index is 12.5. The Balaban J connectivity index is 1.31. The Bertz CT molecular complexity index is 680. The van der Waals surface area contributed by atoms with Gasteiger partial charge in [-0.3, -0.25) is 9.69 Å². The summed E-state index contributed by atoms with van der Waals surface area (Å²) in [6, 6.07) is 5.48. The number of hydrogen-bond acceptors (Lipinski definition) is 4. The lowest BCUT2D eigenvalue weighted by Gasteiger charge is -2.47. The van der Waals surface area contributed by atoms with Gasteiger partial charge in [0.15, 0.2) is 0 Å². The van der Waals surface area contributed by atoms with Crippen LogP contribution in [0.2, 0.25) is 0 Å². The number of amides is 1. The predicted molar refractivity (Wildman–Crippen MR) is 91.5 cm³/mol. The number of alkyl halides is 3. The second kappa shape index (κ2) is 6.98. The molecule has 1 amide bonds. The van der Waals surface area contributed by atoms with Crippen LogP contribution in [-0.4, -0.2) is 66.5 Å². The van der Waals surface area contributed by atoms with Crippen molar-refractivity contribution in [2.24, 2.45) is 0 Å². The summed E-state index contributed by atoms with van der Waals surface area (Å²) in [6.45, 7) is 4.04. The maximum absolute atomic E-state index is 12.5. The van der Waals surface area contributed by atoms with E-state index in [0.29, 0.717) is 31.3 Å². The zero-order valence-corrected chi connectivity index (χ0v) is 15.0. The van der Waals surface area contributed by atoms with Crippen molar-refractivity contribution < 1.29 is 27.4 Å². The maximum Gasteiger partial charge on any atom is 0.573 e. The van der Waals surface area contributed by atoms with Crippen LogP contribution in [0.1, 0.15) is 36.0 Å². The highest BCUT2D eigenvalue weighted by Crippen LogP contribution is 2.38. The SMILES string of the molecule is O=C(c1ccc(OC(F)(F)F)cc1)N1CC2(CC(N3CCCCC3)CO2)C1. The fraction of sp³-hybridized carbons (Fsp3) is 0.632. The van der Waals surface area contributed by atoms with E-state index in [1.807, 2.05) is 0 Å². The van der Waals surface area contributed by atoms with Crippen LogP contribution in [0.5, 0.6) is 5.75 Å². The lowest BCUT2D eigenvalue weighted by molar-refractivity contribution is -0.274. The third-order valence-corrected chi connectivity index (χ3v) is 5.68. The van der Waals surface area contributed by atoms with Crippen molar-refractivity contribution in [3.05, 3.63) is 29.8 Å². The first-order valence-electron chi connectivity index (χ1n) is 9.37. The minimum atomic E-state index is -4.74. The van der Waals surface area contributed by atoms with Gasteiger partial charge in [0.05, 0.1) is 19.7 Å². The molecular formula is C19H23F3N2O3. The van der Waals surface area contributed by atoms with Gasteiger partial charge in [-0.05, 0) is 56.6 Å². The van der Waals surface area contributed by atoms with E-state index in [9.17, 15) is 18.0 Å². The number of rotatable bonds is 3. The Hall–Kier alpha value is -1.80. The smallest absolute Gasteiger partial charge is 0.406 e. The molecule has 148 valence electrons. The summed E-state index contributed by atoms with van der Waals surface area (Å²) in [6.07, 6.45) is -0.0240. The van der Waals surface area contributed by atoms with Crippen molar-refractivity contribution in [1.82, 2.24) is 9.80 Å². The van der Waals surface area contributed by atoms with E-state index >= 15 is 0 Å². The van der Waals surface area contributed by atoms with Crippen molar-refractivity contribution in [3.63, 3.8) is 0 Å². The molecule has 1 atom stereocenters. The van der Waals surface area contributed by atoms with Crippen LogP contribution in [0, 0.1) is 0 Å². The van der Waals surface area contributed by atoms with Gasteiger partial charge in [-0.1, -0.05) is 6.42 Å². The highest BCUT2D eigenvalue weighted by atomic mass is 19.4. The van der Waals surface area contributed by atoms with E-state index in [1.165, 1.54) is 31.4 Å². The molecule has 0 bridgehead atoms. The minimum Gasteiger partial charge on any atom is -0.406 e. The second-order valence-electron chi connectivity index (χ2n) is 7.68. The molecule has 0 saturated carbocycles. The lowest BCUT2D eigenvalue weighted by Crippen LogP contribution is -2.63. The summed E-state index contributed by atoms with van der Waals surface area (Å²) in [5.74, 6) is -0.521. The normalized spacial score (nSPS) is 25.4. The quantitative estimate of drug-likeness (QED) is 0.803. The third kappa shape index (κ3) is 4.06. The second-order valence-corrected chi connectivity index (χ2v) is 7.68. The zero-order valence-electron chi connectivity index (χ0n) is 15.0. The van der Waals surface area contributed by atoms with Crippen molar-refractivity contribution in [2.45, 2.75) is 43.7 Å². The van der Waals surface area contributed by atoms with Gasteiger partial charge in [0.25, 0.3) is 5.91 Å². The fourth-order valence-electron chi connectivity index (χ4n) is 4.33. The Labute approximate surface area is 156 Å². The Morgan fingerprint density at radius 1 is 1.11 bits per heavy atom. The van der Waals surface area contributed by atoms with E-state index in [1.54, 1.807) is 4.90 Å². The number of carbonyl (C=O) groups is 1. The predicted octanol–water partition coefficient (Wildman–Crippen LogP) is 3.05. The van der Waals surface area contributed by atoms with E-state index in [-0.39, 0.29) is 17.3 Å². The largest absolute Gasteiger partial charge is 0.573 e. The number of hydrogen-bond donors (Lipinski definition) is 0. The lowest BCUT2D eigenvalue weighted by atomic mass is 9.88. The van der Waals surface area contributed by atoms with Crippen molar-refractivity contribution >= 4 is 5.91 Å². The molecule has 1 unspecified atom stereocenters. The van der Waals surface area contributed by atoms with E-state index in [0.717, 1.165) is 31.6 Å². The average Bonchev–Trinajstić information content (AvgIpc) is 3.06. The first-order valence-corrected chi connectivity index (χ1v) is 9.37. The number of nitrogens with zero attached hydrogens (tertiary/aromatic N) is 2. The number of likely N-dealkylation sites (tertiary alicyclic amines) is 2. The Kier molecular flexibility index (Phi) is 4.80. The van der Waals surface area contributed by atoms with Crippen LogP contribution in [0.3, 0.4) is 0 Å². The standard InChI is InChI=1S/C19H23F3N2O3/c20-19(21,22)27-16-6-4-14(5-7-16)17(25)24-12-18(13-24)10-15(11-26-18)23-8-2-1-3-9-23/h4-7,15H,1-3,8-13H2. The Morgan fingerprint density at radius 2 is 1.78 bits per heavy atom. The molecule has 3 aliphatic heterocycles. The number of piperidine rings is 1. The first kappa shape index (κ1) is 18.6. The van der Waals surface area contributed by atoms with E-state index in [4.69, 9.17) is 4.74 Å². The van der Waals surface area contributed by atoms with Crippen LogP contribution < -0.4 is 4.74 Å². The van der Waals surface area contributed by atoms with E-state index in [2.05, 4.69) is 9.64 Å². The van der Waals surface area contributed by atoms with Gasteiger partial charge in [-0.25, -0.2) is 0 Å². The monoisotopic (exact) mass is 384 g/mol. The summed E-state index contributed by atoms with van der Waals surface area (Å²) >= 11 is 0. The van der Waals surface area contributed by atoms with Crippen LogP contribution in [0.25, 0.3) is 0 Å². The van der Waals surface area contributed by atoms with Gasteiger partial charge in [0, 0.05) is 11.6 Å². The summed E-state index contributed by atoms with van der Waals surface area (Å²) in [4.78, 5) is 16.7. The molecule has 3 heterocycles. The molecule has 0 aliphatic carbocycles. The van der Waals surface area contributed by atoms with Crippen LogP contribution in [0.15, 0.2) is 24.3 Å². The zero-order chi connectivity index (χ0) is 19.1. The first-order chi connectivity index (χ1) is 12.8. The molecule has 3 fully saturated rings. The molecule has 0 radical (unpaired) electrons. The van der Waals surface area contributed by atoms with E-state index < -0.39 is 6.36 Å². The van der Waals surface area contributed by atoms with Gasteiger partial charge in [-0.15, -0.1) is 13.2 Å². The number of halogens is 3. The van der Waals surface area contributed by atoms with Crippen LogP contribution in [0.4, 0.5) is 13.2 Å². The van der Waals surface area contributed by atoms with Crippen molar-refractivity contribution in [1.29, 1.82) is 0 Å². The molecule has 3 saturated heterocycles. The number of benzene rings is 1. The molecule has 5 nitrogen and oxygen atoms in total. The van der Waals surface area contributed by atoms with Gasteiger partial charge < -0.3 is 14.4 Å². The van der Waals surface area contributed by atoms with Crippen molar-refractivity contribution in [2.75, 3.05) is 32.8 Å². The van der Waals surface area contributed by atoms with Crippen LogP contribution in [-0.2, 0) is 4.74 Å². The highest BCUT2D eigenvalue weighted by Gasteiger charge is 2.52. The van der Waals surface area contributed by atoms with Gasteiger partial charge in [0.2, 0.25) is 0 Å². The Morgan fingerprint density at radius 3 is 2.41 bits per heavy atom. The molecule has 1 aromatic carbocycles. The molecule has 8 heteroatoms.